The lowest BCUT2D eigenvalue weighted by Crippen LogP contribution is -2.38. The van der Waals surface area contributed by atoms with E-state index >= 15 is 0 Å². The third-order valence-corrected chi connectivity index (χ3v) is 4.43. The number of unbranched alkanes of at least 4 members (excludes halogenated alkanes) is 1. The van der Waals surface area contributed by atoms with Crippen LogP contribution >= 0.6 is 0 Å². The van der Waals surface area contributed by atoms with Gasteiger partial charge >= 0.3 is 0 Å². The topological polar surface area (TPSA) is 71.7 Å². The van der Waals surface area contributed by atoms with Crippen LogP contribution in [0.2, 0.25) is 0 Å². The Hall–Kier alpha value is -2.79. The number of ether oxygens (including phenoxy) is 1. The van der Waals surface area contributed by atoms with Crippen molar-refractivity contribution in [2.24, 2.45) is 0 Å². The SMILES string of the molecule is CCCCOc1ccc(C(=O)NCC(C)(O)c2cc3ccccc3o2)cc1. The number of amides is 1. The van der Waals surface area contributed by atoms with Crippen molar-refractivity contribution in [1.29, 1.82) is 0 Å². The van der Waals surface area contributed by atoms with Crippen LogP contribution < -0.4 is 10.1 Å². The highest BCUT2D eigenvalue weighted by Crippen LogP contribution is 2.27. The van der Waals surface area contributed by atoms with E-state index in [9.17, 15) is 9.90 Å². The molecule has 1 aromatic heterocycles. The Labute approximate surface area is 159 Å². The fraction of sp³-hybridized carbons (Fsp3) is 0.318. The molecule has 0 saturated carbocycles. The minimum absolute atomic E-state index is 0.0421. The van der Waals surface area contributed by atoms with E-state index in [0.29, 0.717) is 23.5 Å². The van der Waals surface area contributed by atoms with Gasteiger partial charge < -0.3 is 19.6 Å². The van der Waals surface area contributed by atoms with Gasteiger partial charge in [0.2, 0.25) is 0 Å². The van der Waals surface area contributed by atoms with E-state index in [0.717, 1.165) is 24.0 Å². The molecule has 142 valence electrons. The molecule has 5 nitrogen and oxygen atoms in total. The lowest BCUT2D eigenvalue weighted by Gasteiger charge is -2.21. The van der Waals surface area contributed by atoms with Gasteiger partial charge in [-0.05, 0) is 49.7 Å². The Bertz CT molecular complexity index is 863. The normalized spacial score (nSPS) is 13.3. The largest absolute Gasteiger partial charge is 0.494 e. The molecule has 1 unspecified atom stereocenters. The zero-order valence-electron chi connectivity index (χ0n) is 15.7. The molecule has 0 aliphatic carbocycles. The fourth-order valence-electron chi connectivity index (χ4n) is 2.73. The summed E-state index contributed by atoms with van der Waals surface area (Å²) >= 11 is 0. The molecule has 1 atom stereocenters. The first-order valence-electron chi connectivity index (χ1n) is 9.22. The van der Waals surface area contributed by atoms with Crippen LogP contribution in [0, 0.1) is 0 Å². The molecule has 3 aromatic rings. The summed E-state index contributed by atoms with van der Waals surface area (Å²) in [5, 5.41) is 14.4. The Morgan fingerprint density at radius 2 is 1.93 bits per heavy atom. The molecule has 0 aliphatic rings. The maximum absolute atomic E-state index is 12.4. The Kier molecular flexibility index (Phi) is 5.81. The third kappa shape index (κ3) is 4.68. The highest BCUT2D eigenvalue weighted by atomic mass is 16.5. The Morgan fingerprint density at radius 3 is 2.63 bits per heavy atom. The predicted octanol–water partition coefficient (Wildman–Crippen LogP) is 4.25. The van der Waals surface area contributed by atoms with Gasteiger partial charge in [0.25, 0.3) is 5.91 Å². The van der Waals surface area contributed by atoms with Crippen LogP contribution in [-0.2, 0) is 5.60 Å². The molecule has 1 amide bonds. The number of nitrogens with one attached hydrogen (secondary N) is 1. The number of benzene rings is 2. The van der Waals surface area contributed by atoms with E-state index in [-0.39, 0.29) is 12.5 Å². The molecular formula is C22H25NO4. The quantitative estimate of drug-likeness (QED) is 0.584. The van der Waals surface area contributed by atoms with Gasteiger partial charge in [0, 0.05) is 10.9 Å². The molecule has 0 fully saturated rings. The molecule has 0 saturated heterocycles. The molecule has 1 heterocycles. The number of fused-ring (bicyclic) bond motifs is 1. The summed E-state index contributed by atoms with van der Waals surface area (Å²) in [7, 11) is 0. The maximum Gasteiger partial charge on any atom is 0.251 e. The highest BCUT2D eigenvalue weighted by Gasteiger charge is 2.28. The van der Waals surface area contributed by atoms with Crippen LogP contribution in [0.5, 0.6) is 5.75 Å². The van der Waals surface area contributed by atoms with Crippen LogP contribution in [0.1, 0.15) is 42.8 Å². The van der Waals surface area contributed by atoms with Crippen LogP contribution in [-0.4, -0.2) is 24.2 Å². The van der Waals surface area contributed by atoms with Crippen LogP contribution in [0.15, 0.2) is 59.0 Å². The second-order valence-electron chi connectivity index (χ2n) is 6.83. The summed E-state index contributed by atoms with van der Waals surface area (Å²) < 4.78 is 11.3. The average molecular weight is 367 g/mol. The smallest absolute Gasteiger partial charge is 0.251 e. The third-order valence-electron chi connectivity index (χ3n) is 4.43. The van der Waals surface area contributed by atoms with Gasteiger partial charge in [0.1, 0.15) is 22.7 Å². The van der Waals surface area contributed by atoms with E-state index in [1.54, 1.807) is 37.3 Å². The van der Waals surface area contributed by atoms with E-state index in [1.807, 2.05) is 24.3 Å². The van der Waals surface area contributed by atoms with Crippen molar-refractivity contribution >= 4 is 16.9 Å². The van der Waals surface area contributed by atoms with Crippen LogP contribution in [0.25, 0.3) is 11.0 Å². The van der Waals surface area contributed by atoms with E-state index in [1.165, 1.54) is 0 Å². The van der Waals surface area contributed by atoms with Gasteiger partial charge in [-0.3, -0.25) is 4.79 Å². The molecule has 0 aliphatic heterocycles. The van der Waals surface area contributed by atoms with Gasteiger partial charge in [-0.15, -0.1) is 0 Å². The van der Waals surface area contributed by atoms with Crippen molar-refractivity contribution in [2.75, 3.05) is 13.2 Å². The second-order valence-corrected chi connectivity index (χ2v) is 6.83. The lowest BCUT2D eigenvalue weighted by molar-refractivity contribution is 0.0344. The summed E-state index contributed by atoms with van der Waals surface area (Å²) in [6.45, 7) is 4.44. The number of aliphatic hydroxyl groups is 1. The minimum Gasteiger partial charge on any atom is -0.494 e. The molecule has 3 rings (SSSR count). The van der Waals surface area contributed by atoms with Gasteiger partial charge in [0.05, 0.1) is 13.2 Å². The molecule has 2 aromatic carbocycles. The van der Waals surface area contributed by atoms with Gasteiger partial charge in [-0.25, -0.2) is 0 Å². The second kappa shape index (κ2) is 8.27. The number of hydrogen-bond donors (Lipinski definition) is 2. The van der Waals surface area contributed by atoms with Gasteiger partial charge in [-0.2, -0.15) is 0 Å². The number of carbonyl (C=O) groups excluding carboxylic acids is 1. The standard InChI is InChI=1S/C22H25NO4/c1-3-4-13-26-18-11-9-16(10-12-18)21(24)23-15-22(2,25)20-14-17-7-5-6-8-19(17)27-20/h5-12,14,25H,3-4,13,15H2,1-2H3,(H,23,24). The van der Waals surface area contributed by atoms with E-state index in [4.69, 9.17) is 9.15 Å². The summed E-state index contributed by atoms with van der Waals surface area (Å²) in [6.07, 6.45) is 2.07. The first-order valence-corrected chi connectivity index (χ1v) is 9.22. The van der Waals surface area contributed by atoms with Gasteiger partial charge in [-0.1, -0.05) is 31.5 Å². The molecular weight excluding hydrogens is 342 g/mol. The van der Waals surface area contributed by atoms with Crippen LogP contribution in [0.4, 0.5) is 0 Å². The highest BCUT2D eigenvalue weighted by molar-refractivity contribution is 5.94. The van der Waals surface area contributed by atoms with Gasteiger partial charge in [0.15, 0.2) is 0 Å². The first-order chi connectivity index (χ1) is 13.0. The monoisotopic (exact) mass is 367 g/mol. The van der Waals surface area contributed by atoms with E-state index < -0.39 is 5.60 Å². The van der Waals surface area contributed by atoms with Crippen molar-refractivity contribution in [3.05, 3.63) is 65.9 Å². The predicted molar refractivity (Wildman–Crippen MR) is 105 cm³/mol. The van der Waals surface area contributed by atoms with Crippen molar-refractivity contribution in [3.63, 3.8) is 0 Å². The molecule has 0 radical (unpaired) electrons. The van der Waals surface area contributed by atoms with Crippen molar-refractivity contribution in [2.45, 2.75) is 32.3 Å². The number of carbonyl (C=O) groups is 1. The summed E-state index contributed by atoms with van der Waals surface area (Å²) in [5.74, 6) is 0.907. The Balaban J connectivity index is 1.60. The fourth-order valence-corrected chi connectivity index (χ4v) is 2.73. The molecule has 5 heteroatoms. The Morgan fingerprint density at radius 1 is 1.19 bits per heavy atom. The molecule has 2 N–H and O–H groups in total. The number of para-hydroxylation sites is 1. The molecule has 0 spiro atoms. The van der Waals surface area contributed by atoms with E-state index in [2.05, 4.69) is 12.2 Å². The summed E-state index contributed by atoms with van der Waals surface area (Å²) in [5.41, 5.74) is -0.0891. The number of rotatable bonds is 8. The zero-order valence-corrected chi connectivity index (χ0v) is 15.7. The molecule has 27 heavy (non-hydrogen) atoms. The average Bonchev–Trinajstić information content (AvgIpc) is 3.12. The summed E-state index contributed by atoms with van der Waals surface area (Å²) in [6, 6.07) is 16.3. The zero-order chi connectivity index (χ0) is 19.3. The van der Waals surface area contributed by atoms with Crippen LogP contribution in [0.3, 0.4) is 0 Å². The molecule has 0 bridgehead atoms. The van der Waals surface area contributed by atoms with Crippen molar-refractivity contribution in [3.8, 4) is 5.75 Å². The van der Waals surface area contributed by atoms with Crippen molar-refractivity contribution < 1.29 is 19.1 Å². The maximum atomic E-state index is 12.4. The first kappa shape index (κ1) is 19.0. The lowest BCUT2D eigenvalue weighted by atomic mass is 10.0. The number of hydrogen-bond acceptors (Lipinski definition) is 4. The summed E-state index contributed by atoms with van der Waals surface area (Å²) in [4.78, 5) is 12.4. The number of furan rings is 1. The van der Waals surface area contributed by atoms with Crippen molar-refractivity contribution in [1.82, 2.24) is 5.32 Å². The minimum atomic E-state index is -1.31.